The number of allylic oxidation sites excluding steroid dienone is 1. The summed E-state index contributed by atoms with van der Waals surface area (Å²) in [7, 11) is 0. The van der Waals surface area contributed by atoms with Crippen molar-refractivity contribution in [1.29, 1.82) is 5.26 Å². The molecule has 0 aliphatic rings. The molecule has 3 rings (SSSR count). The second-order valence-corrected chi connectivity index (χ2v) is 7.14. The number of nitriles is 1. The minimum atomic E-state index is 0.406. The monoisotopic (exact) mass is 433 g/mol. The summed E-state index contributed by atoms with van der Waals surface area (Å²) in [5.41, 5.74) is 3.49. The first-order chi connectivity index (χ1) is 13.7. The van der Waals surface area contributed by atoms with E-state index in [0.717, 1.165) is 21.3 Å². The van der Waals surface area contributed by atoms with E-state index < -0.39 is 0 Å². The molecular weight excluding hydrogens is 414 g/mol. The second-order valence-electron chi connectivity index (χ2n) is 6.23. The van der Waals surface area contributed by atoms with Gasteiger partial charge in [0.05, 0.1) is 11.6 Å². The van der Waals surface area contributed by atoms with Crippen molar-refractivity contribution in [3.8, 4) is 17.6 Å². The second kappa shape index (κ2) is 9.77. The number of ether oxygens (including phenoxy) is 2. The number of aryl methyl sites for hydroxylation is 1. The first kappa shape index (κ1) is 19.7. The van der Waals surface area contributed by atoms with Crippen molar-refractivity contribution in [2.45, 2.75) is 6.92 Å². The molecule has 0 spiro atoms. The Kier molecular flexibility index (Phi) is 6.89. The highest BCUT2D eigenvalue weighted by Crippen LogP contribution is 2.28. The Balaban J connectivity index is 1.71. The maximum atomic E-state index is 9.57. The Morgan fingerprint density at radius 3 is 2.39 bits per heavy atom. The minimum Gasteiger partial charge on any atom is -0.490 e. The molecule has 3 aromatic carbocycles. The fourth-order valence-corrected chi connectivity index (χ4v) is 3.04. The molecule has 4 heteroatoms. The van der Waals surface area contributed by atoms with Crippen LogP contribution in [0.4, 0.5) is 0 Å². The SMILES string of the molecule is Cc1ccc(OCCOc2ccc(Br)cc2/C=C(/C#N)c2ccccc2)cc1. The van der Waals surface area contributed by atoms with Gasteiger partial charge < -0.3 is 9.47 Å². The zero-order valence-electron chi connectivity index (χ0n) is 15.6. The summed E-state index contributed by atoms with van der Waals surface area (Å²) in [6.45, 7) is 2.88. The summed E-state index contributed by atoms with van der Waals surface area (Å²) in [6.07, 6.45) is 1.84. The number of benzene rings is 3. The van der Waals surface area contributed by atoms with E-state index in [-0.39, 0.29) is 0 Å². The van der Waals surface area contributed by atoms with E-state index in [1.54, 1.807) is 0 Å². The van der Waals surface area contributed by atoms with Gasteiger partial charge in [-0.3, -0.25) is 0 Å². The van der Waals surface area contributed by atoms with Gasteiger partial charge in [0.1, 0.15) is 24.7 Å². The molecular formula is C24H20BrNO2. The van der Waals surface area contributed by atoms with Crippen molar-refractivity contribution in [2.24, 2.45) is 0 Å². The van der Waals surface area contributed by atoms with Crippen LogP contribution in [0, 0.1) is 18.3 Å². The molecule has 28 heavy (non-hydrogen) atoms. The summed E-state index contributed by atoms with van der Waals surface area (Å²) >= 11 is 3.49. The van der Waals surface area contributed by atoms with Gasteiger partial charge >= 0.3 is 0 Å². The van der Waals surface area contributed by atoms with Crippen molar-refractivity contribution < 1.29 is 9.47 Å². The molecule has 3 nitrogen and oxygen atoms in total. The Bertz CT molecular complexity index is 989. The molecule has 0 aliphatic heterocycles. The van der Waals surface area contributed by atoms with Gasteiger partial charge in [0, 0.05) is 10.0 Å². The third kappa shape index (κ3) is 5.48. The summed E-state index contributed by atoms with van der Waals surface area (Å²) in [6, 6.07) is 25.6. The zero-order valence-corrected chi connectivity index (χ0v) is 17.1. The maximum absolute atomic E-state index is 9.57. The van der Waals surface area contributed by atoms with E-state index in [1.165, 1.54) is 5.56 Å². The van der Waals surface area contributed by atoms with Crippen molar-refractivity contribution >= 4 is 27.6 Å². The zero-order chi connectivity index (χ0) is 19.8. The van der Waals surface area contributed by atoms with Crippen LogP contribution >= 0.6 is 15.9 Å². The van der Waals surface area contributed by atoms with Crippen LogP contribution in [0.5, 0.6) is 11.5 Å². The smallest absolute Gasteiger partial charge is 0.126 e. The van der Waals surface area contributed by atoms with Crippen molar-refractivity contribution in [3.05, 3.63) is 94.0 Å². The van der Waals surface area contributed by atoms with Crippen molar-refractivity contribution in [2.75, 3.05) is 13.2 Å². The summed E-state index contributed by atoms with van der Waals surface area (Å²) in [5, 5.41) is 9.57. The predicted octanol–water partition coefficient (Wildman–Crippen LogP) is 6.28. The van der Waals surface area contributed by atoms with Gasteiger partial charge in [-0.15, -0.1) is 0 Å². The van der Waals surface area contributed by atoms with Gasteiger partial charge in [-0.25, -0.2) is 0 Å². The number of halogens is 1. The van der Waals surface area contributed by atoms with E-state index in [9.17, 15) is 5.26 Å². The molecule has 0 saturated heterocycles. The largest absolute Gasteiger partial charge is 0.490 e. The molecule has 3 aromatic rings. The quantitative estimate of drug-likeness (QED) is 0.250. The number of hydrogen-bond acceptors (Lipinski definition) is 3. The van der Waals surface area contributed by atoms with Crippen LogP contribution in [0.3, 0.4) is 0 Å². The number of hydrogen-bond donors (Lipinski definition) is 0. The number of nitrogens with zero attached hydrogens (tertiary/aromatic N) is 1. The molecule has 140 valence electrons. The Labute approximate surface area is 174 Å². The molecule has 0 aromatic heterocycles. The average Bonchev–Trinajstić information content (AvgIpc) is 2.72. The Hall–Kier alpha value is -3.03. The summed E-state index contributed by atoms with van der Waals surface area (Å²) in [4.78, 5) is 0. The van der Waals surface area contributed by atoms with Crippen LogP contribution in [0.25, 0.3) is 11.6 Å². The standard InChI is InChI=1S/C24H20BrNO2/c1-18-7-10-23(11-8-18)27-13-14-28-24-12-9-22(25)16-20(24)15-21(17-26)19-5-3-2-4-6-19/h2-12,15-16H,13-14H2,1H3/b21-15-. The minimum absolute atomic E-state index is 0.406. The first-order valence-corrected chi connectivity index (χ1v) is 9.74. The molecule has 0 atom stereocenters. The predicted molar refractivity (Wildman–Crippen MR) is 116 cm³/mol. The van der Waals surface area contributed by atoms with Gasteiger partial charge in [0.15, 0.2) is 0 Å². The fraction of sp³-hybridized carbons (Fsp3) is 0.125. The van der Waals surface area contributed by atoms with Crippen LogP contribution in [0.2, 0.25) is 0 Å². The molecule has 0 amide bonds. The third-order valence-corrected chi connectivity index (χ3v) is 4.60. The lowest BCUT2D eigenvalue weighted by Crippen LogP contribution is -2.09. The molecule has 0 saturated carbocycles. The van der Waals surface area contributed by atoms with Gasteiger partial charge in [-0.2, -0.15) is 5.26 Å². The molecule has 0 fully saturated rings. The van der Waals surface area contributed by atoms with Crippen LogP contribution < -0.4 is 9.47 Å². The highest BCUT2D eigenvalue weighted by atomic mass is 79.9. The lowest BCUT2D eigenvalue weighted by atomic mass is 10.0. The van der Waals surface area contributed by atoms with Crippen LogP contribution in [0.1, 0.15) is 16.7 Å². The lowest BCUT2D eigenvalue weighted by Gasteiger charge is -2.11. The van der Waals surface area contributed by atoms with Gasteiger partial charge in [0.2, 0.25) is 0 Å². The van der Waals surface area contributed by atoms with Crippen molar-refractivity contribution in [1.82, 2.24) is 0 Å². The fourth-order valence-electron chi connectivity index (χ4n) is 2.66. The summed E-state index contributed by atoms with van der Waals surface area (Å²) in [5.74, 6) is 1.53. The molecule has 0 radical (unpaired) electrons. The highest BCUT2D eigenvalue weighted by Gasteiger charge is 2.07. The van der Waals surface area contributed by atoms with Gasteiger partial charge in [-0.05, 0) is 48.9 Å². The third-order valence-electron chi connectivity index (χ3n) is 4.11. The molecule has 0 heterocycles. The van der Waals surface area contributed by atoms with E-state index >= 15 is 0 Å². The van der Waals surface area contributed by atoms with Crippen LogP contribution in [0.15, 0.2) is 77.3 Å². The molecule has 0 aliphatic carbocycles. The van der Waals surface area contributed by atoms with Crippen LogP contribution in [-0.4, -0.2) is 13.2 Å². The van der Waals surface area contributed by atoms with Crippen LogP contribution in [-0.2, 0) is 0 Å². The van der Waals surface area contributed by atoms with Gasteiger partial charge in [-0.1, -0.05) is 64.0 Å². The van der Waals surface area contributed by atoms with E-state index in [1.807, 2.05) is 85.8 Å². The van der Waals surface area contributed by atoms with E-state index in [2.05, 4.69) is 22.0 Å². The maximum Gasteiger partial charge on any atom is 0.126 e. The summed E-state index contributed by atoms with van der Waals surface area (Å²) < 4.78 is 12.6. The topological polar surface area (TPSA) is 42.2 Å². The Morgan fingerprint density at radius 1 is 0.964 bits per heavy atom. The lowest BCUT2D eigenvalue weighted by molar-refractivity contribution is 0.217. The number of rotatable bonds is 7. The normalized spacial score (nSPS) is 11.0. The van der Waals surface area contributed by atoms with E-state index in [4.69, 9.17) is 9.47 Å². The highest BCUT2D eigenvalue weighted by molar-refractivity contribution is 9.10. The first-order valence-electron chi connectivity index (χ1n) is 8.95. The van der Waals surface area contributed by atoms with Gasteiger partial charge in [0.25, 0.3) is 0 Å². The molecule has 0 unspecified atom stereocenters. The molecule has 0 N–H and O–H groups in total. The average molecular weight is 434 g/mol. The molecule has 0 bridgehead atoms. The van der Waals surface area contributed by atoms with Crippen molar-refractivity contribution in [3.63, 3.8) is 0 Å². The Morgan fingerprint density at radius 2 is 1.68 bits per heavy atom. The van der Waals surface area contributed by atoms with E-state index in [0.29, 0.717) is 24.5 Å².